The van der Waals surface area contributed by atoms with E-state index in [0.717, 1.165) is 13.1 Å². The van der Waals surface area contributed by atoms with Crippen molar-refractivity contribution in [2.75, 3.05) is 13.1 Å². The van der Waals surface area contributed by atoms with Gasteiger partial charge < -0.3 is 4.84 Å². The summed E-state index contributed by atoms with van der Waals surface area (Å²) in [6.07, 6.45) is 4.08. The summed E-state index contributed by atoms with van der Waals surface area (Å²) in [5.41, 5.74) is 0. The highest BCUT2D eigenvalue weighted by molar-refractivity contribution is 4.95. The van der Waals surface area contributed by atoms with Crippen LogP contribution in [0.15, 0.2) is 12.3 Å². The summed E-state index contributed by atoms with van der Waals surface area (Å²) in [4.78, 5) is 5.07. The molecule has 44 valence electrons. The SMILES string of the molecule is C1=CC2NCCN2O1. The average Bonchev–Trinajstić information content (AvgIpc) is 2.15. The molecule has 1 unspecified atom stereocenters. The fourth-order valence-electron chi connectivity index (χ4n) is 1.03. The van der Waals surface area contributed by atoms with Crippen LogP contribution in [0.5, 0.6) is 0 Å². The Labute approximate surface area is 47.9 Å². The van der Waals surface area contributed by atoms with Crippen LogP contribution in [-0.2, 0) is 4.84 Å². The largest absolute Gasteiger partial charge is 0.412 e. The van der Waals surface area contributed by atoms with Crippen molar-refractivity contribution < 1.29 is 4.84 Å². The molecule has 3 heteroatoms. The fourth-order valence-corrected chi connectivity index (χ4v) is 1.03. The Morgan fingerprint density at radius 3 is 3.62 bits per heavy atom. The summed E-state index contributed by atoms with van der Waals surface area (Å²) >= 11 is 0. The Morgan fingerprint density at radius 1 is 1.75 bits per heavy atom. The van der Waals surface area contributed by atoms with E-state index in [9.17, 15) is 0 Å². The van der Waals surface area contributed by atoms with Gasteiger partial charge in [0, 0.05) is 13.1 Å². The van der Waals surface area contributed by atoms with Crippen LogP contribution in [0.3, 0.4) is 0 Å². The van der Waals surface area contributed by atoms with Gasteiger partial charge in [0.2, 0.25) is 0 Å². The van der Waals surface area contributed by atoms with E-state index in [1.807, 2.05) is 11.1 Å². The molecule has 0 aromatic rings. The van der Waals surface area contributed by atoms with E-state index in [-0.39, 0.29) is 0 Å². The number of hydroxylamine groups is 2. The predicted molar refractivity (Wildman–Crippen MR) is 28.7 cm³/mol. The molecule has 0 aliphatic carbocycles. The molecule has 0 aromatic heterocycles. The van der Waals surface area contributed by atoms with Crippen molar-refractivity contribution in [2.24, 2.45) is 0 Å². The van der Waals surface area contributed by atoms with Crippen LogP contribution in [0, 0.1) is 0 Å². The molecule has 1 fully saturated rings. The number of hydrogen-bond donors (Lipinski definition) is 1. The standard InChI is InChI=1S/C5H8N2O/c1-4-8-7-3-2-6-5(1)7/h1,4-6H,2-3H2. The molecular formula is C5H8N2O. The van der Waals surface area contributed by atoms with E-state index < -0.39 is 0 Å². The lowest BCUT2D eigenvalue weighted by Gasteiger charge is -2.10. The van der Waals surface area contributed by atoms with Crippen molar-refractivity contribution in [3.8, 4) is 0 Å². The number of fused-ring (bicyclic) bond motifs is 1. The lowest BCUT2D eigenvalue weighted by atomic mass is 10.5. The first-order valence-corrected chi connectivity index (χ1v) is 2.80. The number of nitrogens with zero attached hydrogens (tertiary/aromatic N) is 1. The van der Waals surface area contributed by atoms with E-state index in [1.54, 1.807) is 6.26 Å². The predicted octanol–water partition coefficient (Wildman–Crippen LogP) is -0.323. The molecule has 2 aliphatic rings. The molecule has 2 aliphatic heterocycles. The van der Waals surface area contributed by atoms with Crippen molar-refractivity contribution >= 4 is 0 Å². The minimum Gasteiger partial charge on any atom is -0.412 e. The highest BCUT2D eigenvalue weighted by atomic mass is 16.7. The van der Waals surface area contributed by atoms with E-state index in [4.69, 9.17) is 4.84 Å². The zero-order chi connectivity index (χ0) is 5.40. The number of rotatable bonds is 0. The average molecular weight is 112 g/mol. The second-order valence-corrected chi connectivity index (χ2v) is 1.97. The summed E-state index contributed by atoms with van der Waals surface area (Å²) in [6, 6.07) is 0. The summed E-state index contributed by atoms with van der Waals surface area (Å²) in [5, 5.41) is 5.15. The van der Waals surface area contributed by atoms with Crippen molar-refractivity contribution in [1.29, 1.82) is 0 Å². The molecule has 0 aromatic carbocycles. The molecule has 0 spiro atoms. The van der Waals surface area contributed by atoms with Crippen LogP contribution >= 0.6 is 0 Å². The molecule has 1 N–H and O–H groups in total. The molecule has 8 heavy (non-hydrogen) atoms. The smallest absolute Gasteiger partial charge is 0.117 e. The zero-order valence-corrected chi connectivity index (χ0v) is 4.50. The van der Waals surface area contributed by atoms with Crippen LogP contribution in [0.4, 0.5) is 0 Å². The normalized spacial score (nSPS) is 35.2. The molecule has 0 amide bonds. The van der Waals surface area contributed by atoms with Gasteiger partial charge in [-0.2, -0.15) is 0 Å². The van der Waals surface area contributed by atoms with E-state index in [1.165, 1.54) is 0 Å². The van der Waals surface area contributed by atoms with Crippen LogP contribution in [-0.4, -0.2) is 24.3 Å². The first-order chi connectivity index (χ1) is 3.97. The first kappa shape index (κ1) is 4.35. The van der Waals surface area contributed by atoms with Gasteiger partial charge in [0.15, 0.2) is 0 Å². The van der Waals surface area contributed by atoms with Gasteiger partial charge in [0.05, 0.1) is 0 Å². The molecular weight excluding hydrogens is 104 g/mol. The Morgan fingerprint density at radius 2 is 2.75 bits per heavy atom. The zero-order valence-electron chi connectivity index (χ0n) is 4.50. The maximum atomic E-state index is 5.07. The van der Waals surface area contributed by atoms with Gasteiger partial charge in [-0.15, -0.1) is 5.06 Å². The third-order valence-electron chi connectivity index (χ3n) is 1.45. The molecule has 2 rings (SSSR count). The molecule has 1 saturated heterocycles. The van der Waals surface area contributed by atoms with Gasteiger partial charge in [-0.05, 0) is 6.08 Å². The highest BCUT2D eigenvalue weighted by Crippen LogP contribution is 2.11. The quantitative estimate of drug-likeness (QED) is 0.464. The van der Waals surface area contributed by atoms with Gasteiger partial charge >= 0.3 is 0 Å². The summed E-state index contributed by atoms with van der Waals surface area (Å²) < 4.78 is 0. The highest BCUT2D eigenvalue weighted by Gasteiger charge is 2.25. The van der Waals surface area contributed by atoms with E-state index >= 15 is 0 Å². The molecule has 0 radical (unpaired) electrons. The van der Waals surface area contributed by atoms with Gasteiger partial charge in [-0.25, -0.2) is 0 Å². The molecule has 0 saturated carbocycles. The molecule has 3 nitrogen and oxygen atoms in total. The van der Waals surface area contributed by atoms with Crippen molar-refractivity contribution in [2.45, 2.75) is 6.17 Å². The third-order valence-corrected chi connectivity index (χ3v) is 1.45. The van der Waals surface area contributed by atoms with Gasteiger partial charge in [0.1, 0.15) is 12.4 Å². The van der Waals surface area contributed by atoms with E-state index in [2.05, 4.69) is 5.32 Å². The Hall–Kier alpha value is -0.540. The Balaban J connectivity index is 2.13. The second-order valence-electron chi connectivity index (χ2n) is 1.97. The van der Waals surface area contributed by atoms with Crippen LogP contribution in [0.2, 0.25) is 0 Å². The third kappa shape index (κ3) is 0.454. The second kappa shape index (κ2) is 1.47. The maximum Gasteiger partial charge on any atom is 0.117 e. The minimum atomic E-state index is 0.356. The topological polar surface area (TPSA) is 24.5 Å². The molecule has 0 bridgehead atoms. The Kier molecular flexibility index (Phi) is 0.797. The Bertz CT molecular complexity index is 124. The van der Waals surface area contributed by atoms with Crippen molar-refractivity contribution in [1.82, 2.24) is 10.4 Å². The summed E-state index contributed by atoms with van der Waals surface area (Å²) in [7, 11) is 0. The van der Waals surface area contributed by atoms with Crippen LogP contribution in [0.25, 0.3) is 0 Å². The fraction of sp³-hybridized carbons (Fsp3) is 0.600. The lowest BCUT2D eigenvalue weighted by Crippen LogP contribution is -2.28. The minimum absolute atomic E-state index is 0.356. The van der Waals surface area contributed by atoms with Crippen molar-refractivity contribution in [3.05, 3.63) is 12.3 Å². The number of nitrogens with one attached hydrogen (secondary N) is 1. The van der Waals surface area contributed by atoms with Gasteiger partial charge in [0.25, 0.3) is 0 Å². The maximum absolute atomic E-state index is 5.07. The van der Waals surface area contributed by atoms with Crippen LogP contribution < -0.4 is 5.32 Å². The summed E-state index contributed by atoms with van der Waals surface area (Å²) in [6.45, 7) is 2.03. The summed E-state index contributed by atoms with van der Waals surface area (Å²) in [5.74, 6) is 0. The van der Waals surface area contributed by atoms with Crippen molar-refractivity contribution in [3.63, 3.8) is 0 Å². The lowest BCUT2D eigenvalue weighted by molar-refractivity contribution is -0.0828. The first-order valence-electron chi connectivity index (χ1n) is 2.80. The van der Waals surface area contributed by atoms with Gasteiger partial charge in [-0.3, -0.25) is 5.32 Å². The monoisotopic (exact) mass is 112 g/mol. The van der Waals surface area contributed by atoms with E-state index in [0.29, 0.717) is 6.17 Å². The van der Waals surface area contributed by atoms with Gasteiger partial charge in [-0.1, -0.05) is 0 Å². The van der Waals surface area contributed by atoms with Crippen LogP contribution in [0.1, 0.15) is 0 Å². The number of hydrogen-bond acceptors (Lipinski definition) is 3. The molecule has 2 heterocycles. The molecule has 1 atom stereocenters.